The van der Waals surface area contributed by atoms with Gasteiger partial charge < -0.3 is 14.2 Å². The summed E-state index contributed by atoms with van der Waals surface area (Å²) in [5.41, 5.74) is 2.42. The van der Waals surface area contributed by atoms with Gasteiger partial charge in [-0.1, -0.05) is 0 Å². The second-order valence-electron chi connectivity index (χ2n) is 6.57. The van der Waals surface area contributed by atoms with Gasteiger partial charge in [0.2, 0.25) is 0 Å². The molecule has 0 saturated carbocycles. The van der Waals surface area contributed by atoms with E-state index in [1.807, 2.05) is 24.9 Å². The van der Waals surface area contributed by atoms with Crippen molar-refractivity contribution in [1.82, 2.24) is 29.3 Å². The molecule has 0 bridgehead atoms. The highest BCUT2D eigenvalue weighted by molar-refractivity contribution is 5.87. The predicted molar refractivity (Wildman–Crippen MR) is 95.5 cm³/mol. The van der Waals surface area contributed by atoms with Gasteiger partial charge in [0.05, 0.1) is 24.8 Å². The van der Waals surface area contributed by atoms with Crippen molar-refractivity contribution in [2.24, 2.45) is 20.0 Å². The SMILES string of the molecule is COC(=O)[C@H]1CCCN(c2ncnc3c2nc(-c2cnn(C)c2)n3C)C1. The number of rotatable bonds is 3. The van der Waals surface area contributed by atoms with Crippen LogP contribution in [-0.4, -0.2) is 55.5 Å². The lowest BCUT2D eigenvalue weighted by molar-refractivity contribution is -0.145. The molecule has 136 valence electrons. The fourth-order valence-electron chi connectivity index (χ4n) is 3.54. The van der Waals surface area contributed by atoms with E-state index in [4.69, 9.17) is 9.72 Å². The Bertz CT molecular complexity index is 961. The average Bonchev–Trinajstić information content (AvgIpc) is 3.24. The molecule has 0 aliphatic carbocycles. The molecule has 1 atom stereocenters. The van der Waals surface area contributed by atoms with E-state index in [0.29, 0.717) is 6.54 Å². The summed E-state index contributed by atoms with van der Waals surface area (Å²) in [6.45, 7) is 1.41. The van der Waals surface area contributed by atoms with E-state index in [1.165, 1.54) is 7.11 Å². The first kappa shape index (κ1) is 16.5. The zero-order chi connectivity index (χ0) is 18.3. The topological polar surface area (TPSA) is 91.0 Å². The van der Waals surface area contributed by atoms with Gasteiger partial charge in [0.1, 0.15) is 12.2 Å². The highest BCUT2D eigenvalue weighted by Crippen LogP contribution is 2.30. The second kappa shape index (κ2) is 6.40. The van der Waals surface area contributed by atoms with Crippen molar-refractivity contribution in [2.45, 2.75) is 12.8 Å². The number of aryl methyl sites for hydroxylation is 2. The van der Waals surface area contributed by atoms with Gasteiger partial charge in [0.25, 0.3) is 0 Å². The second-order valence-corrected chi connectivity index (χ2v) is 6.57. The van der Waals surface area contributed by atoms with Crippen molar-refractivity contribution in [1.29, 1.82) is 0 Å². The third-order valence-electron chi connectivity index (χ3n) is 4.86. The van der Waals surface area contributed by atoms with Crippen molar-refractivity contribution < 1.29 is 9.53 Å². The molecular formula is C17H21N7O2. The zero-order valence-electron chi connectivity index (χ0n) is 15.1. The van der Waals surface area contributed by atoms with Crippen LogP contribution in [0.2, 0.25) is 0 Å². The Labute approximate surface area is 150 Å². The van der Waals surface area contributed by atoms with Crippen LogP contribution < -0.4 is 4.90 Å². The molecule has 4 rings (SSSR count). The number of nitrogens with zero attached hydrogens (tertiary/aromatic N) is 7. The van der Waals surface area contributed by atoms with Crippen LogP contribution in [0.15, 0.2) is 18.7 Å². The Morgan fingerprint density at radius 3 is 2.88 bits per heavy atom. The van der Waals surface area contributed by atoms with E-state index < -0.39 is 0 Å². The number of esters is 1. The molecule has 1 fully saturated rings. The van der Waals surface area contributed by atoms with Crippen LogP contribution in [-0.2, 0) is 23.6 Å². The summed E-state index contributed by atoms with van der Waals surface area (Å²) in [6, 6.07) is 0. The fraction of sp³-hybridized carbons (Fsp3) is 0.471. The third kappa shape index (κ3) is 2.69. The van der Waals surface area contributed by atoms with Gasteiger partial charge >= 0.3 is 5.97 Å². The highest BCUT2D eigenvalue weighted by atomic mass is 16.5. The first-order valence-electron chi connectivity index (χ1n) is 8.57. The van der Waals surface area contributed by atoms with Gasteiger partial charge in [-0.25, -0.2) is 15.0 Å². The normalized spacial score (nSPS) is 17.7. The lowest BCUT2D eigenvalue weighted by atomic mass is 9.98. The number of anilines is 1. The summed E-state index contributed by atoms with van der Waals surface area (Å²) in [6.07, 6.45) is 6.99. The van der Waals surface area contributed by atoms with Crippen molar-refractivity contribution in [2.75, 3.05) is 25.1 Å². The van der Waals surface area contributed by atoms with Crippen LogP contribution in [0.3, 0.4) is 0 Å². The average molecular weight is 355 g/mol. The standard InChI is InChI=1S/C17H21N7O2/c1-22-8-12(7-20-22)14-21-13-15(23(14)2)18-10-19-16(13)24-6-4-5-11(9-24)17(25)26-3/h7-8,10-11H,4-6,9H2,1-3H3/t11-/m0/s1. The summed E-state index contributed by atoms with van der Waals surface area (Å²) in [7, 11) is 5.24. The zero-order valence-corrected chi connectivity index (χ0v) is 15.1. The molecule has 1 aliphatic rings. The van der Waals surface area contributed by atoms with Crippen LogP contribution >= 0.6 is 0 Å². The molecule has 0 N–H and O–H groups in total. The van der Waals surface area contributed by atoms with Gasteiger partial charge in [-0.2, -0.15) is 5.10 Å². The Morgan fingerprint density at radius 1 is 1.31 bits per heavy atom. The van der Waals surface area contributed by atoms with Crippen LogP contribution in [0.5, 0.6) is 0 Å². The molecule has 9 heteroatoms. The number of fused-ring (bicyclic) bond motifs is 1. The molecule has 0 radical (unpaired) electrons. The van der Waals surface area contributed by atoms with Gasteiger partial charge in [0.15, 0.2) is 17.0 Å². The molecule has 9 nitrogen and oxygen atoms in total. The number of carbonyl (C=O) groups excluding carboxylic acids is 1. The molecular weight excluding hydrogens is 334 g/mol. The Balaban J connectivity index is 1.75. The van der Waals surface area contributed by atoms with Crippen molar-refractivity contribution in [3.05, 3.63) is 18.7 Å². The van der Waals surface area contributed by atoms with Gasteiger partial charge in [0, 0.05) is 33.4 Å². The Kier molecular flexibility index (Phi) is 4.06. The maximum Gasteiger partial charge on any atom is 0.310 e. The molecule has 0 aromatic carbocycles. The largest absolute Gasteiger partial charge is 0.469 e. The first-order valence-corrected chi connectivity index (χ1v) is 8.57. The first-order chi connectivity index (χ1) is 12.6. The highest BCUT2D eigenvalue weighted by Gasteiger charge is 2.29. The number of hydrogen-bond acceptors (Lipinski definition) is 7. The molecule has 0 amide bonds. The smallest absolute Gasteiger partial charge is 0.310 e. The summed E-state index contributed by atoms with van der Waals surface area (Å²) in [5, 5.41) is 4.22. The van der Waals surface area contributed by atoms with Crippen molar-refractivity contribution >= 4 is 23.0 Å². The van der Waals surface area contributed by atoms with E-state index in [2.05, 4.69) is 20.0 Å². The van der Waals surface area contributed by atoms with Crippen LogP contribution in [0.1, 0.15) is 12.8 Å². The van der Waals surface area contributed by atoms with Gasteiger partial charge in [-0.3, -0.25) is 9.48 Å². The number of aromatic nitrogens is 6. The summed E-state index contributed by atoms with van der Waals surface area (Å²) in [5.74, 6) is 1.24. The third-order valence-corrected chi connectivity index (χ3v) is 4.86. The molecule has 0 unspecified atom stereocenters. The summed E-state index contributed by atoms with van der Waals surface area (Å²) in [4.78, 5) is 27.7. The van der Waals surface area contributed by atoms with Gasteiger partial charge in [-0.15, -0.1) is 0 Å². The van der Waals surface area contributed by atoms with Gasteiger partial charge in [-0.05, 0) is 12.8 Å². The fourth-order valence-corrected chi connectivity index (χ4v) is 3.54. The number of piperidine rings is 1. The van der Waals surface area contributed by atoms with Crippen molar-refractivity contribution in [3.63, 3.8) is 0 Å². The monoisotopic (exact) mass is 355 g/mol. The lowest BCUT2D eigenvalue weighted by Gasteiger charge is -2.32. The summed E-state index contributed by atoms with van der Waals surface area (Å²) >= 11 is 0. The molecule has 1 aliphatic heterocycles. The lowest BCUT2D eigenvalue weighted by Crippen LogP contribution is -2.39. The Hall–Kier alpha value is -2.97. The molecule has 0 spiro atoms. The molecule has 1 saturated heterocycles. The quantitative estimate of drug-likeness (QED) is 0.651. The van der Waals surface area contributed by atoms with E-state index in [-0.39, 0.29) is 11.9 Å². The molecule has 26 heavy (non-hydrogen) atoms. The van der Waals surface area contributed by atoms with Crippen molar-refractivity contribution in [3.8, 4) is 11.4 Å². The summed E-state index contributed by atoms with van der Waals surface area (Å²) < 4.78 is 8.60. The number of carbonyl (C=O) groups is 1. The van der Waals surface area contributed by atoms with E-state index >= 15 is 0 Å². The number of methoxy groups -OCH3 is 1. The Morgan fingerprint density at radius 2 is 2.15 bits per heavy atom. The van der Waals surface area contributed by atoms with Crippen LogP contribution in [0, 0.1) is 5.92 Å². The minimum atomic E-state index is -0.169. The van der Waals surface area contributed by atoms with E-state index in [9.17, 15) is 4.79 Å². The minimum Gasteiger partial charge on any atom is -0.469 e. The maximum atomic E-state index is 11.9. The molecule has 4 heterocycles. The number of ether oxygens (including phenoxy) is 1. The van der Waals surface area contributed by atoms with E-state index in [1.54, 1.807) is 17.2 Å². The maximum absolute atomic E-state index is 11.9. The van der Waals surface area contributed by atoms with Crippen LogP contribution in [0.4, 0.5) is 5.82 Å². The van der Waals surface area contributed by atoms with Crippen LogP contribution in [0.25, 0.3) is 22.6 Å². The molecule has 3 aromatic heterocycles. The predicted octanol–water partition coefficient (Wildman–Crippen LogP) is 1.15. The number of hydrogen-bond donors (Lipinski definition) is 0. The minimum absolute atomic E-state index is 0.139. The van der Waals surface area contributed by atoms with E-state index in [0.717, 1.165) is 47.8 Å². The molecule has 3 aromatic rings. The number of imidazole rings is 1.